The number of hydrogen-bond acceptors (Lipinski definition) is 2. The second-order valence-electron chi connectivity index (χ2n) is 5.22. The van der Waals surface area contributed by atoms with Crippen molar-refractivity contribution < 1.29 is 0 Å². The average molecular weight is 287 g/mol. The molecule has 2 nitrogen and oxygen atoms in total. The molecule has 0 spiro atoms. The Morgan fingerprint density at radius 1 is 1.10 bits per heavy atom. The van der Waals surface area contributed by atoms with Gasteiger partial charge >= 0.3 is 0 Å². The van der Waals surface area contributed by atoms with Crippen molar-refractivity contribution in [2.75, 3.05) is 6.54 Å². The number of halogens is 1. The molecule has 3 heteroatoms. The van der Waals surface area contributed by atoms with Crippen LogP contribution in [-0.2, 0) is 13.1 Å². The van der Waals surface area contributed by atoms with Gasteiger partial charge in [-0.15, -0.1) is 0 Å². The largest absolute Gasteiger partial charge is 0.313 e. The molecule has 1 heterocycles. The second kappa shape index (κ2) is 6.40. The highest BCUT2D eigenvalue weighted by Crippen LogP contribution is 2.24. The first kappa shape index (κ1) is 13.6. The molecule has 1 aliphatic heterocycles. The molecule has 20 heavy (non-hydrogen) atoms. The van der Waals surface area contributed by atoms with E-state index >= 15 is 0 Å². The van der Waals surface area contributed by atoms with Crippen LogP contribution in [0.4, 0.5) is 0 Å². The van der Waals surface area contributed by atoms with Crippen LogP contribution in [-0.4, -0.2) is 6.54 Å². The molecular formula is C17H19ClN2. The van der Waals surface area contributed by atoms with Gasteiger partial charge in [0.2, 0.25) is 0 Å². The number of benzene rings is 2. The van der Waals surface area contributed by atoms with Crippen LogP contribution in [0.15, 0.2) is 48.5 Å². The van der Waals surface area contributed by atoms with E-state index in [1.165, 1.54) is 16.7 Å². The molecule has 1 unspecified atom stereocenters. The first-order valence-electron chi connectivity index (χ1n) is 7.09. The van der Waals surface area contributed by atoms with Crippen LogP contribution >= 0.6 is 11.6 Å². The molecule has 0 aromatic heterocycles. The standard InChI is InChI=1S/C17H19ClN2/c18-15-7-5-13(6-8-15)11-20-17-9-10-19-12-14-3-1-2-4-16(14)17/h1-8,17,19-20H,9-12H2. The van der Waals surface area contributed by atoms with E-state index in [2.05, 4.69) is 47.0 Å². The third kappa shape index (κ3) is 3.21. The quantitative estimate of drug-likeness (QED) is 0.900. The minimum atomic E-state index is 0.414. The van der Waals surface area contributed by atoms with Gasteiger partial charge in [-0.25, -0.2) is 0 Å². The third-order valence-corrected chi connectivity index (χ3v) is 4.07. The Morgan fingerprint density at radius 3 is 2.75 bits per heavy atom. The highest BCUT2D eigenvalue weighted by molar-refractivity contribution is 6.30. The van der Waals surface area contributed by atoms with Crippen molar-refractivity contribution in [1.82, 2.24) is 10.6 Å². The van der Waals surface area contributed by atoms with Crippen LogP contribution in [0.2, 0.25) is 5.02 Å². The summed E-state index contributed by atoms with van der Waals surface area (Å²) in [5, 5.41) is 7.94. The zero-order chi connectivity index (χ0) is 13.8. The molecule has 1 aliphatic rings. The Labute approximate surface area is 125 Å². The van der Waals surface area contributed by atoms with Gasteiger partial charge in [-0.05, 0) is 41.8 Å². The van der Waals surface area contributed by atoms with E-state index in [9.17, 15) is 0 Å². The lowest BCUT2D eigenvalue weighted by atomic mass is 9.99. The molecule has 0 saturated carbocycles. The van der Waals surface area contributed by atoms with E-state index < -0.39 is 0 Å². The molecule has 0 fully saturated rings. The van der Waals surface area contributed by atoms with Crippen molar-refractivity contribution in [1.29, 1.82) is 0 Å². The summed E-state index contributed by atoms with van der Waals surface area (Å²) >= 11 is 5.92. The lowest BCUT2D eigenvalue weighted by Gasteiger charge is -2.19. The molecule has 2 aromatic carbocycles. The van der Waals surface area contributed by atoms with Crippen LogP contribution < -0.4 is 10.6 Å². The summed E-state index contributed by atoms with van der Waals surface area (Å²) in [4.78, 5) is 0. The average Bonchev–Trinajstić information content (AvgIpc) is 2.69. The molecule has 0 aliphatic carbocycles. The summed E-state index contributed by atoms with van der Waals surface area (Å²) in [5.41, 5.74) is 4.09. The van der Waals surface area contributed by atoms with E-state index in [0.717, 1.165) is 31.1 Å². The fourth-order valence-electron chi connectivity index (χ4n) is 2.72. The molecule has 2 aromatic rings. The molecular weight excluding hydrogens is 268 g/mol. The maximum absolute atomic E-state index is 5.92. The van der Waals surface area contributed by atoms with Crippen molar-refractivity contribution in [2.45, 2.75) is 25.6 Å². The summed E-state index contributed by atoms with van der Waals surface area (Å²) in [6.07, 6.45) is 1.12. The lowest BCUT2D eigenvalue weighted by Crippen LogP contribution is -2.22. The molecule has 104 valence electrons. The molecule has 2 N–H and O–H groups in total. The van der Waals surface area contributed by atoms with Crippen molar-refractivity contribution >= 4 is 11.6 Å². The Kier molecular flexibility index (Phi) is 4.36. The fourth-order valence-corrected chi connectivity index (χ4v) is 2.84. The van der Waals surface area contributed by atoms with E-state index in [1.54, 1.807) is 0 Å². The van der Waals surface area contributed by atoms with Crippen LogP contribution in [0, 0.1) is 0 Å². The molecule has 0 saturated heterocycles. The summed E-state index contributed by atoms with van der Waals surface area (Å²) in [7, 11) is 0. The van der Waals surface area contributed by atoms with Crippen molar-refractivity contribution in [2.24, 2.45) is 0 Å². The monoisotopic (exact) mass is 286 g/mol. The Hall–Kier alpha value is -1.35. The first-order valence-corrected chi connectivity index (χ1v) is 7.47. The van der Waals surface area contributed by atoms with Gasteiger partial charge in [-0.2, -0.15) is 0 Å². The maximum Gasteiger partial charge on any atom is 0.0406 e. The predicted molar refractivity (Wildman–Crippen MR) is 83.8 cm³/mol. The predicted octanol–water partition coefficient (Wildman–Crippen LogP) is 3.66. The number of nitrogens with one attached hydrogen (secondary N) is 2. The SMILES string of the molecule is Clc1ccc(CNC2CCNCc3ccccc32)cc1. The molecule has 0 bridgehead atoms. The molecule has 3 rings (SSSR count). The summed E-state index contributed by atoms with van der Waals surface area (Å²) in [5.74, 6) is 0. The number of hydrogen-bond donors (Lipinski definition) is 2. The van der Waals surface area contributed by atoms with E-state index in [0.29, 0.717) is 6.04 Å². The molecule has 0 radical (unpaired) electrons. The molecule has 0 amide bonds. The number of rotatable bonds is 3. The van der Waals surface area contributed by atoms with Gasteiger partial charge < -0.3 is 10.6 Å². The Bertz CT molecular complexity index is 565. The zero-order valence-corrected chi connectivity index (χ0v) is 12.2. The second-order valence-corrected chi connectivity index (χ2v) is 5.66. The fraction of sp³-hybridized carbons (Fsp3) is 0.294. The number of fused-ring (bicyclic) bond motifs is 1. The maximum atomic E-state index is 5.92. The van der Waals surface area contributed by atoms with E-state index in [4.69, 9.17) is 11.6 Å². The first-order chi connectivity index (χ1) is 9.83. The topological polar surface area (TPSA) is 24.1 Å². The van der Waals surface area contributed by atoms with Crippen LogP contribution in [0.25, 0.3) is 0 Å². The lowest BCUT2D eigenvalue weighted by molar-refractivity contribution is 0.496. The Morgan fingerprint density at radius 2 is 1.90 bits per heavy atom. The van der Waals surface area contributed by atoms with Gasteiger partial charge in [0, 0.05) is 24.2 Å². The van der Waals surface area contributed by atoms with Gasteiger partial charge in [-0.3, -0.25) is 0 Å². The minimum absolute atomic E-state index is 0.414. The highest BCUT2D eigenvalue weighted by Gasteiger charge is 2.17. The zero-order valence-electron chi connectivity index (χ0n) is 11.4. The summed E-state index contributed by atoms with van der Waals surface area (Å²) < 4.78 is 0. The van der Waals surface area contributed by atoms with Gasteiger partial charge in [0.15, 0.2) is 0 Å². The van der Waals surface area contributed by atoms with Gasteiger partial charge in [0.05, 0.1) is 0 Å². The normalized spacial score (nSPS) is 18.4. The smallest absolute Gasteiger partial charge is 0.0406 e. The van der Waals surface area contributed by atoms with Gasteiger partial charge in [0.25, 0.3) is 0 Å². The summed E-state index contributed by atoms with van der Waals surface area (Å²) in [6, 6.07) is 17.2. The van der Waals surface area contributed by atoms with Gasteiger partial charge in [0.1, 0.15) is 0 Å². The third-order valence-electron chi connectivity index (χ3n) is 3.82. The van der Waals surface area contributed by atoms with Crippen LogP contribution in [0.5, 0.6) is 0 Å². The van der Waals surface area contributed by atoms with Crippen molar-refractivity contribution in [3.63, 3.8) is 0 Å². The minimum Gasteiger partial charge on any atom is -0.313 e. The summed E-state index contributed by atoms with van der Waals surface area (Å²) in [6.45, 7) is 2.89. The van der Waals surface area contributed by atoms with E-state index in [-0.39, 0.29) is 0 Å². The Balaban J connectivity index is 1.72. The van der Waals surface area contributed by atoms with Crippen LogP contribution in [0.3, 0.4) is 0 Å². The highest BCUT2D eigenvalue weighted by atomic mass is 35.5. The van der Waals surface area contributed by atoms with E-state index in [1.807, 2.05) is 12.1 Å². The van der Waals surface area contributed by atoms with Crippen molar-refractivity contribution in [3.05, 3.63) is 70.2 Å². The van der Waals surface area contributed by atoms with Gasteiger partial charge in [-0.1, -0.05) is 48.0 Å². The van der Waals surface area contributed by atoms with Crippen LogP contribution in [0.1, 0.15) is 29.2 Å². The van der Waals surface area contributed by atoms with Crippen molar-refractivity contribution in [3.8, 4) is 0 Å². The molecule has 1 atom stereocenters.